The molecule has 0 aliphatic rings. The summed E-state index contributed by atoms with van der Waals surface area (Å²) in [6.07, 6.45) is 0. The van der Waals surface area contributed by atoms with Gasteiger partial charge in [-0.3, -0.25) is 10.1 Å². The highest BCUT2D eigenvalue weighted by Crippen LogP contribution is 2.34. The maximum absolute atomic E-state index is 12.3. The molecule has 0 fully saturated rings. The molecule has 8 heteroatoms. The van der Waals surface area contributed by atoms with Crippen LogP contribution < -0.4 is 5.32 Å². The van der Waals surface area contributed by atoms with Crippen LogP contribution in [0, 0.1) is 0 Å². The zero-order valence-electron chi connectivity index (χ0n) is 13.1. The van der Waals surface area contributed by atoms with E-state index in [1.807, 2.05) is 37.3 Å². The molecule has 0 bridgehead atoms. The van der Waals surface area contributed by atoms with Crippen LogP contribution in [0.2, 0.25) is 10.0 Å². The average molecular weight is 410 g/mol. The third-order valence-electron chi connectivity index (χ3n) is 3.24. The predicted octanol–water partition coefficient (Wildman–Crippen LogP) is 5.63. The lowest BCUT2D eigenvalue weighted by Gasteiger charge is -2.09. The SMILES string of the molecule is CC(Sc1ccccc1)C(=O)Nc1nnc(-c2ccc(Cl)cc2Cl)s1. The first kappa shape index (κ1) is 18.2. The van der Waals surface area contributed by atoms with Crippen LogP contribution in [0.15, 0.2) is 53.4 Å². The quantitative estimate of drug-likeness (QED) is 0.554. The van der Waals surface area contributed by atoms with Gasteiger partial charge in [0, 0.05) is 15.5 Å². The van der Waals surface area contributed by atoms with Crippen LogP contribution in [0.1, 0.15) is 6.92 Å². The molecule has 25 heavy (non-hydrogen) atoms. The van der Waals surface area contributed by atoms with Gasteiger partial charge in [-0.05, 0) is 37.3 Å². The number of benzene rings is 2. The van der Waals surface area contributed by atoms with Crippen LogP contribution in [-0.4, -0.2) is 21.4 Å². The predicted molar refractivity (Wildman–Crippen MR) is 106 cm³/mol. The highest BCUT2D eigenvalue weighted by Gasteiger charge is 2.17. The number of carbonyl (C=O) groups is 1. The Bertz CT molecular complexity index is 887. The van der Waals surface area contributed by atoms with E-state index in [0.717, 1.165) is 10.5 Å². The van der Waals surface area contributed by atoms with Crippen LogP contribution in [0.5, 0.6) is 0 Å². The molecule has 0 aliphatic carbocycles. The molecular formula is C17H13Cl2N3OS2. The van der Waals surface area contributed by atoms with Crippen molar-refractivity contribution in [2.45, 2.75) is 17.1 Å². The largest absolute Gasteiger partial charge is 0.300 e. The number of amides is 1. The van der Waals surface area contributed by atoms with Gasteiger partial charge in [0.15, 0.2) is 5.01 Å². The number of rotatable bonds is 5. The fourth-order valence-electron chi connectivity index (χ4n) is 2.01. The number of thioether (sulfide) groups is 1. The summed E-state index contributed by atoms with van der Waals surface area (Å²) >= 11 is 14.8. The Morgan fingerprint density at radius 2 is 1.92 bits per heavy atom. The van der Waals surface area contributed by atoms with E-state index in [4.69, 9.17) is 23.2 Å². The Kier molecular flexibility index (Phi) is 5.96. The summed E-state index contributed by atoms with van der Waals surface area (Å²) in [6, 6.07) is 14.9. The van der Waals surface area contributed by atoms with Crippen LogP contribution in [0.25, 0.3) is 10.6 Å². The molecule has 2 aromatic carbocycles. The number of halogens is 2. The van der Waals surface area contributed by atoms with Gasteiger partial charge in [0.05, 0.1) is 10.3 Å². The highest BCUT2D eigenvalue weighted by atomic mass is 35.5. The maximum atomic E-state index is 12.3. The Labute approximate surface area is 163 Å². The summed E-state index contributed by atoms with van der Waals surface area (Å²) in [5.41, 5.74) is 0.732. The van der Waals surface area contributed by atoms with Gasteiger partial charge in [-0.15, -0.1) is 22.0 Å². The van der Waals surface area contributed by atoms with Crippen LogP contribution >= 0.6 is 46.3 Å². The topological polar surface area (TPSA) is 54.9 Å². The van der Waals surface area contributed by atoms with E-state index >= 15 is 0 Å². The number of hydrogen-bond donors (Lipinski definition) is 1. The molecule has 1 amide bonds. The molecule has 0 spiro atoms. The van der Waals surface area contributed by atoms with Crippen LogP contribution in [0.4, 0.5) is 5.13 Å². The Morgan fingerprint density at radius 3 is 2.64 bits per heavy atom. The van der Waals surface area contributed by atoms with Crippen molar-refractivity contribution in [3.8, 4) is 10.6 Å². The van der Waals surface area contributed by atoms with Crippen molar-refractivity contribution in [1.82, 2.24) is 10.2 Å². The summed E-state index contributed by atoms with van der Waals surface area (Å²) in [6.45, 7) is 1.85. The minimum Gasteiger partial charge on any atom is -0.300 e. The number of aromatic nitrogens is 2. The molecule has 128 valence electrons. The van der Waals surface area contributed by atoms with Crippen molar-refractivity contribution in [3.63, 3.8) is 0 Å². The number of nitrogens with zero attached hydrogens (tertiary/aromatic N) is 2. The summed E-state index contributed by atoms with van der Waals surface area (Å²) < 4.78 is 0. The molecular weight excluding hydrogens is 397 g/mol. The lowest BCUT2D eigenvalue weighted by Crippen LogP contribution is -2.22. The molecule has 1 aromatic heterocycles. The van der Waals surface area contributed by atoms with E-state index in [2.05, 4.69) is 15.5 Å². The van der Waals surface area contributed by atoms with E-state index in [1.54, 1.807) is 18.2 Å². The molecule has 0 saturated carbocycles. The van der Waals surface area contributed by atoms with Gasteiger partial charge in [0.25, 0.3) is 0 Å². The van der Waals surface area contributed by atoms with Crippen molar-refractivity contribution in [3.05, 3.63) is 58.6 Å². The van der Waals surface area contributed by atoms with E-state index in [9.17, 15) is 4.79 Å². The standard InChI is InChI=1S/C17H13Cl2N3OS2/c1-10(24-12-5-3-2-4-6-12)15(23)20-17-22-21-16(25-17)13-8-7-11(18)9-14(13)19/h2-10H,1H3,(H,20,22,23). The summed E-state index contributed by atoms with van der Waals surface area (Å²) in [5, 5.41) is 12.8. The second kappa shape index (κ2) is 8.19. The lowest BCUT2D eigenvalue weighted by molar-refractivity contribution is -0.115. The van der Waals surface area contributed by atoms with E-state index < -0.39 is 0 Å². The Hall–Kier alpha value is -1.60. The molecule has 0 radical (unpaired) electrons. The molecule has 1 heterocycles. The number of hydrogen-bond acceptors (Lipinski definition) is 5. The van der Waals surface area contributed by atoms with Crippen molar-refractivity contribution >= 4 is 57.3 Å². The van der Waals surface area contributed by atoms with E-state index in [1.165, 1.54) is 23.1 Å². The van der Waals surface area contributed by atoms with Crippen molar-refractivity contribution in [2.24, 2.45) is 0 Å². The van der Waals surface area contributed by atoms with Crippen molar-refractivity contribution in [2.75, 3.05) is 5.32 Å². The smallest absolute Gasteiger partial charge is 0.239 e. The first-order chi connectivity index (χ1) is 12.0. The zero-order valence-corrected chi connectivity index (χ0v) is 16.2. The van der Waals surface area contributed by atoms with Gasteiger partial charge in [0.1, 0.15) is 0 Å². The number of anilines is 1. The summed E-state index contributed by atoms with van der Waals surface area (Å²) in [7, 11) is 0. The third kappa shape index (κ3) is 4.73. The zero-order chi connectivity index (χ0) is 17.8. The Balaban J connectivity index is 1.67. The first-order valence-corrected chi connectivity index (χ1v) is 9.79. The van der Waals surface area contributed by atoms with Crippen molar-refractivity contribution in [1.29, 1.82) is 0 Å². The van der Waals surface area contributed by atoms with Crippen LogP contribution in [0.3, 0.4) is 0 Å². The number of carbonyl (C=O) groups excluding carboxylic acids is 1. The molecule has 1 unspecified atom stereocenters. The van der Waals surface area contributed by atoms with Gasteiger partial charge in [0.2, 0.25) is 11.0 Å². The molecule has 3 aromatic rings. The fraction of sp³-hybridized carbons (Fsp3) is 0.118. The minimum atomic E-state index is -0.256. The highest BCUT2D eigenvalue weighted by molar-refractivity contribution is 8.00. The van der Waals surface area contributed by atoms with Gasteiger partial charge >= 0.3 is 0 Å². The summed E-state index contributed by atoms with van der Waals surface area (Å²) in [5.74, 6) is -0.126. The molecule has 3 rings (SSSR count). The monoisotopic (exact) mass is 409 g/mol. The molecule has 0 aliphatic heterocycles. The number of nitrogens with one attached hydrogen (secondary N) is 1. The Morgan fingerprint density at radius 1 is 1.16 bits per heavy atom. The molecule has 0 saturated heterocycles. The van der Waals surface area contributed by atoms with Gasteiger partial charge in [-0.25, -0.2) is 0 Å². The minimum absolute atomic E-state index is 0.126. The molecule has 1 N–H and O–H groups in total. The second-order valence-corrected chi connectivity index (χ2v) is 8.33. The van der Waals surface area contributed by atoms with Gasteiger partial charge in [-0.2, -0.15) is 0 Å². The fourth-order valence-corrected chi connectivity index (χ4v) is 4.24. The van der Waals surface area contributed by atoms with E-state index in [-0.39, 0.29) is 11.2 Å². The average Bonchev–Trinajstić information content (AvgIpc) is 3.04. The van der Waals surface area contributed by atoms with Gasteiger partial charge < -0.3 is 0 Å². The van der Waals surface area contributed by atoms with Crippen molar-refractivity contribution < 1.29 is 4.79 Å². The maximum Gasteiger partial charge on any atom is 0.239 e. The normalized spacial score (nSPS) is 12.0. The third-order valence-corrected chi connectivity index (χ3v) is 5.77. The summed E-state index contributed by atoms with van der Waals surface area (Å²) in [4.78, 5) is 13.4. The molecule has 1 atom stereocenters. The van der Waals surface area contributed by atoms with Crippen LogP contribution in [-0.2, 0) is 4.79 Å². The van der Waals surface area contributed by atoms with E-state index in [0.29, 0.717) is 20.2 Å². The lowest BCUT2D eigenvalue weighted by atomic mass is 10.2. The second-order valence-electron chi connectivity index (χ2n) is 5.10. The van der Waals surface area contributed by atoms with Gasteiger partial charge in [-0.1, -0.05) is 52.7 Å². The first-order valence-electron chi connectivity index (χ1n) is 7.34. The molecule has 4 nitrogen and oxygen atoms in total.